The Hall–Kier alpha value is -1.75. The predicted molar refractivity (Wildman–Crippen MR) is 102 cm³/mol. The molecule has 0 spiro atoms. The van der Waals surface area contributed by atoms with Crippen molar-refractivity contribution >= 4 is 5.91 Å². The molecule has 0 radical (unpaired) electrons. The average Bonchev–Trinajstić information content (AvgIpc) is 2.70. The molecule has 2 aliphatic rings. The molecule has 2 atom stereocenters. The van der Waals surface area contributed by atoms with Crippen LogP contribution in [0.25, 0.3) is 0 Å². The first-order valence-corrected chi connectivity index (χ1v) is 9.98. The SMILES string of the molecule is COc1cc2c(cc1OC)C[NH+]([C@@H](C)C(=O)NCC1CCCCC1)CC2. The Morgan fingerprint density at radius 2 is 1.81 bits per heavy atom. The third kappa shape index (κ3) is 4.32. The van der Waals surface area contributed by atoms with Crippen LogP contribution in [0.2, 0.25) is 0 Å². The number of rotatable bonds is 6. The van der Waals surface area contributed by atoms with Crippen LogP contribution < -0.4 is 19.7 Å². The van der Waals surface area contributed by atoms with Gasteiger partial charge < -0.3 is 19.7 Å². The van der Waals surface area contributed by atoms with Gasteiger partial charge in [-0.15, -0.1) is 0 Å². The number of carbonyl (C=O) groups is 1. The van der Waals surface area contributed by atoms with Crippen molar-refractivity contribution in [3.05, 3.63) is 23.3 Å². The molecule has 1 aromatic rings. The molecule has 1 saturated carbocycles. The zero-order chi connectivity index (χ0) is 18.5. The van der Waals surface area contributed by atoms with Gasteiger partial charge in [0.05, 0.1) is 20.8 Å². The molecule has 0 bridgehead atoms. The van der Waals surface area contributed by atoms with Gasteiger partial charge in [0.2, 0.25) is 0 Å². The molecule has 1 aromatic carbocycles. The van der Waals surface area contributed by atoms with Crippen molar-refractivity contribution in [2.45, 2.75) is 58.0 Å². The van der Waals surface area contributed by atoms with Gasteiger partial charge in [-0.05, 0) is 43.4 Å². The second-order valence-electron chi connectivity index (χ2n) is 7.78. The quantitative estimate of drug-likeness (QED) is 0.811. The van der Waals surface area contributed by atoms with Gasteiger partial charge in [0.1, 0.15) is 6.54 Å². The summed E-state index contributed by atoms with van der Waals surface area (Å²) in [4.78, 5) is 14.0. The number of hydrogen-bond donors (Lipinski definition) is 2. The zero-order valence-corrected chi connectivity index (χ0v) is 16.4. The number of quaternary nitrogens is 1. The van der Waals surface area contributed by atoms with Gasteiger partial charge in [0.25, 0.3) is 5.91 Å². The summed E-state index contributed by atoms with van der Waals surface area (Å²) in [6, 6.07) is 4.12. The molecule has 26 heavy (non-hydrogen) atoms. The van der Waals surface area contributed by atoms with E-state index in [0.29, 0.717) is 5.92 Å². The number of fused-ring (bicyclic) bond motifs is 1. The van der Waals surface area contributed by atoms with Crippen LogP contribution in [0.5, 0.6) is 11.5 Å². The lowest BCUT2D eigenvalue weighted by Gasteiger charge is -2.31. The van der Waals surface area contributed by atoms with Crippen LogP contribution in [0, 0.1) is 5.92 Å². The lowest BCUT2D eigenvalue weighted by molar-refractivity contribution is -0.929. The maximum absolute atomic E-state index is 12.6. The Morgan fingerprint density at radius 1 is 1.15 bits per heavy atom. The smallest absolute Gasteiger partial charge is 0.278 e. The second kappa shape index (κ2) is 8.76. The van der Waals surface area contributed by atoms with Crippen molar-refractivity contribution in [1.29, 1.82) is 0 Å². The normalized spacial score (nSPS) is 21.6. The van der Waals surface area contributed by atoms with Crippen molar-refractivity contribution in [2.75, 3.05) is 27.3 Å². The van der Waals surface area contributed by atoms with Crippen LogP contribution in [0.4, 0.5) is 0 Å². The molecule has 2 N–H and O–H groups in total. The minimum Gasteiger partial charge on any atom is -0.493 e. The van der Waals surface area contributed by atoms with Gasteiger partial charge in [-0.3, -0.25) is 4.79 Å². The summed E-state index contributed by atoms with van der Waals surface area (Å²) >= 11 is 0. The van der Waals surface area contributed by atoms with Crippen LogP contribution >= 0.6 is 0 Å². The number of ether oxygens (including phenoxy) is 2. The molecule has 1 unspecified atom stereocenters. The standard InChI is InChI=1S/C21H32N2O3/c1-15(21(24)22-13-16-7-5-4-6-8-16)23-10-9-17-11-19(25-2)20(26-3)12-18(17)14-23/h11-12,15-16H,4-10,13-14H2,1-3H3,(H,22,24)/p+1/t15-/m0/s1. The second-order valence-corrected chi connectivity index (χ2v) is 7.78. The fourth-order valence-electron chi connectivity index (χ4n) is 4.33. The first kappa shape index (κ1) is 19.0. The fraction of sp³-hybridized carbons (Fsp3) is 0.667. The van der Waals surface area contributed by atoms with E-state index in [9.17, 15) is 4.79 Å². The maximum Gasteiger partial charge on any atom is 0.278 e. The number of carbonyl (C=O) groups excluding carboxylic acids is 1. The van der Waals surface area contributed by atoms with E-state index in [1.54, 1.807) is 14.2 Å². The van der Waals surface area contributed by atoms with E-state index in [0.717, 1.165) is 37.6 Å². The summed E-state index contributed by atoms with van der Waals surface area (Å²) in [7, 11) is 3.34. The highest BCUT2D eigenvalue weighted by Crippen LogP contribution is 2.31. The molecule has 0 aromatic heterocycles. The lowest BCUT2D eigenvalue weighted by atomic mass is 9.89. The predicted octanol–water partition coefficient (Wildman–Crippen LogP) is 1.73. The number of nitrogens with one attached hydrogen (secondary N) is 2. The van der Waals surface area contributed by atoms with Gasteiger partial charge in [-0.2, -0.15) is 0 Å². The van der Waals surface area contributed by atoms with Crippen LogP contribution in [0.3, 0.4) is 0 Å². The Morgan fingerprint density at radius 3 is 2.46 bits per heavy atom. The largest absolute Gasteiger partial charge is 0.493 e. The molecule has 0 saturated heterocycles. The topological polar surface area (TPSA) is 52.0 Å². The van der Waals surface area contributed by atoms with Gasteiger partial charge >= 0.3 is 0 Å². The highest BCUT2D eigenvalue weighted by Gasteiger charge is 2.30. The van der Waals surface area contributed by atoms with E-state index in [4.69, 9.17) is 9.47 Å². The molecule has 3 rings (SSSR count). The molecule has 144 valence electrons. The lowest BCUT2D eigenvalue weighted by Crippen LogP contribution is -3.16. The monoisotopic (exact) mass is 361 g/mol. The molecule has 5 nitrogen and oxygen atoms in total. The van der Waals surface area contributed by atoms with Crippen molar-refractivity contribution in [3.63, 3.8) is 0 Å². The van der Waals surface area contributed by atoms with Crippen molar-refractivity contribution < 1.29 is 19.2 Å². The van der Waals surface area contributed by atoms with Gasteiger partial charge in [0.15, 0.2) is 17.5 Å². The highest BCUT2D eigenvalue weighted by atomic mass is 16.5. The molecular weight excluding hydrogens is 328 g/mol. The zero-order valence-electron chi connectivity index (χ0n) is 16.4. The first-order valence-electron chi connectivity index (χ1n) is 9.98. The molecule has 1 aliphatic heterocycles. The summed E-state index contributed by atoms with van der Waals surface area (Å²) in [6.45, 7) is 4.73. The third-order valence-corrected chi connectivity index (χ3v) is 6.13. The molecule has 1 aliphatic carbocycles. The van der Waals surface area contributed by atoms with Gasteiger partial charge in [0, 0.05) is 18.5 Å². The summed E-state index contributed by atoms with van der Waals surface area (Å²) in [6.07, 6.45) is 7.48. The third-order valence-electron chi connectivity index (χ3n) is 6.13. The summed E-state index contributed by atoms with van der Waals surface area (Å²) in [5.74, 6) is 2.41. The van der Waals surface area contributed by atoms with E-state index < -0.39 is 0 Å². The maximum atomic E-state index is 12.6. The minimum atomic E-state index is -0.0279. The number of benzene rings is 1. The van der Waals surface area contributed by atoms with E-state index in [1.807, 2.05) is 0 Å². The average molecular weight is 362 g/mol. The Balaban J connectivity index is 1.59. The fourth-order valence-corrected chi connectivity index (χ4v) is 4.33. The molecule has 5 heteroatoms. The Labute approximate surface area is 157 Å². The first-order chi connectivity index (χ1) is 12.6. The Bertz CT molecular complexity index is 626. The van der Waals surface area contributed by atoms with E-state index in [-0.39, 0.29) is 11.9 Å². The van der Waals surface area contributed by atoms with Crippen LogP contribution in [-0.2, 0) is 17.8 Å². The van der Waals surface area contributed by atoms with Crippen LogP contribution in [-0.4, -0.2) is 39.3 Å². The van der Waals surface area contributed by atoms with Crippen LogP contribution in [0.1, 0.15) is 50.2 Å². The Kier molecular flexibility index (Phi) is 6.41. The number of hydrogen-bond acceptors (Lipinski definition) is 3. The van der Waals surface area contributed by atoms with Gasteiger partial charge in [-0.1, -0.05) is 19.3 Å². The van der Waals surface area contributed by atoms with Crippen LogP contribution in [0.15, 0.2) is 12.1 Å². The van der Waals surface area contributed by atoms with E-state index in [1.165, 1.54) is 48.1 Å². The molecule has 1 amide bonds. The summed E-state index contributed by atoms with van der Waals surface area (Å²) in [5.41, 5.74) is 2.57. The molecule has 1 fully saturated rings. The number of methoxy groups -OCH3 is 2. The minimum absolute atomic E-state index is 0.0279. The summed E-state index contributed by atoms with van der Waals surface area (Å²) in [5, 5.41) is 3.21. The summed E-state index contributed by atoms with van der Waals surface area (Å²) < 4.78 is 10.8. The van der Waals surface area contributed by atoms with Crippen molar-refractivity contribution in [2.24, 2.45) is 5.92 Å². The van der Waals surface area contributed by atoms with E-state index in [2.05, 4.69) is 24.4 Å². The van der Waals surface area contributed by atoms with E-state index >= 15 is 0 Å². The van der Waals surface area contributed by atoms with Crippen molar-refractivity contribution in [3.8, 4) is 11.5 Å². The number of amides is 1. The molecule has 1 heterocycles. The molecular formula is C21H33N2O3+. The highest BCUT2D eigenvalue weighted by molar-refractivity contribution is 5.79. The van der Waals surface area contributed by atoms with Crippen molar-refractivity contribution in [1.82, 2.24) is 5.32 Å². The van der Waals surface area contributed by atoms with Gasteiger partial charge in [-0.25, -0.2) is 0 Å².